The van der Waals surface area contributed by atoms with Crippen molar-refractivity contribution in [2.45, 2.75) is 69.2 Å². The fraction of sp³-hybridized carbons (Fsp3) is 0.426. The zero-order valence-electron chi connectivity index (χ0n) is 53.3. The lowest BCUT2D eigenvalue weighted by Gasteiger charge is -2.36. The second kappa shape index (κ2) is 31.0. The van der Waals surface area contributed by atoms with Gasteiger partial charge in [-0.25, -0.2) is 22.8 Å². The highest BCUT2D eigenvalue weighted by Gasteiger charge is 2.50. The monoisotopic (exact) mass is 1310 g/mol. The summed E-state index contributed by atoms with van der Waals surface area (Å²) in [7, 11) is 7.78. The van der Waals surface area contributed by atoms with Crippen LogP contribution in [0.4, 0.5) is 14.5 Å². The van der Waals surface area contributed by atoms with E-state index in [0.717, 1.165) is 44.1 Å². The van der Waals surface area contributed by atoms with Crippen LogP contribution < -0.4 is 30.9 Å². The number of alkyl halides is 2. The summed E-state index contributed by atoms with van der Waals surface area (Å²) >= 11 is 0. The molecule has 5 atom stereocenters. The van der Waals surface area contributed by atoms with Gasteiger partial charge in [-0.15, -0.1) is 5.10 Å². The average molecular weight is 1310 g/mol. The molecule has 5 aliphatic rings. The van der Waals surface area contributed by atoms with Crippen LogP contribution >= 0.6 is 0 Å². The molecular weight excluding hydrogens is 1230 g/mol. The Morgan fingerprint density at radius 1 is 0.842 bits per heavy atom. The van der Waals surface area contributed by atoms with E-state index in [1.807, 2.05) is 92.3 Å². The SMILES string of the molecule is CN(C)c1ccc2c(c1)OC1=CC(=[N+](C)C)C=CC1C2c1ccc(C(=O)NCCOCCOCCOCCOCCC(=O)NCCNC(=O)c2ccc(-c3cn(Cc4cccc5c4CN(C(=O)C[C@@H]4C[C@@H](C(=O)N6CC(F)(F)C[C@H]6C#N)NC4=O)C5)nn3)cc2)cc1C(=O)O. The second-order valence-corrected chi connectivity index (χ2v) is 24.2. The summed E-state index contributed by atoms with van der Waals surface area (Å²) in [5.41, 5.74) is 8.07. The summed E-state index contributed by atoms with van der Waals surface area (Å²) in [6, 6.07) is 22.7. The van der Waals surface area contributed by atoms with Crippen LogP contribution in [0.3, 0.4) is 0 Å². The smallest absolute Gasteiger partial charge is 0.336 e. The molecule has 6 amide bonds. The van der Waals surface area contributed by atoms with Crippen molar-refractivity contribution in [1.29, 1.82) is 5.26 Å². The van der Waals surface area contributed by atoms with E-state index in [4.69, 9.17) is 23.7 Å². The van der Waals surface area contributed by atoms with E-state index in [2.05, 4.69) is 31.6 Å². The van der Waals surface area contributed by atoms with Crippen LogP contribution in [0.5, 0.6) is 5.75 Å². The lowest BCUT2D eigenvalue weighted by atomic mass is 9.74. The summed E-state index contributed by atoms with van der Waals surface area (Å²) in [5, 5.41) is 39.4. The molecule has 25 nitrogen and oxygen atoms in total. The maximum absolute atomic E-state index is 14.0. The molecule has 0 radical (unpaired) electrons. The molecule has 4 aliphatic heterocycles. The average Bonchev–Trinajstić information content (AvgIpc) is 1.65. The maximum Gasteiger partial charge on any atom is 0.336 e. The number of anilines is 1. The van der Waals surface area contributed by atoms with Crippen LogP contribution in [-0.4, -0.2) is 207 Å². The number of fused-ring (bicyclic) bond motifs is 3. The number of nitrogens with one attached hydrogen (secondary N) is 4. The lowest BCUT2D eigenvalue weighted by molar-refractivity contribution is -0.462. The number of aromatic nitrogens is 3. The van der Waals surface area contributed by atoms with Gasteiger partial charge in [0.1, 0.15) is 43.4 Å². The Balaban J connectivity index is 0.547. The first kappa shape index (κ1) is 68.1. The number of hydrogen-bond acceptors (Lipinski definition) is 16. The van der Waals surface area contributed by atoms with E-state index in [9.17, 15) is 52.7 Å². The highest BCUT2D eigenvalue weighted by Crippen LogP contribution is 2.49. The molecule has 0 bridgehead atoms. The number of aromatic carboxylic acids is 1. The molecule has 1 aliphatic carbocycles. The van der Waals surface area contributed by atoms with Gasteiger partial charge in [0.15, 0.2) is 0 Å². The molecule has 4 aromatic carbocycles. The van der Waals surface area contributed by atoms with Gasteiger partial charge in [0.2, 0.25) is 29.3 Å². The van der Waals surface area contributed by atoms with Crippen molar-refractivity contribution in [3.63, 3.8) is 0 Å². The van der Waals surface area contributed by atoms with Gasteiger partial charge in [-0.2, -0.15) is 5.26 Å². The van der Waals surface area contributed by atoms with E-state index in [1.165, 1.54) is 6.07 Å². The van der Waals surface area contributed by atoms with Crippen molar-refractivity contribution in [2.75, 3.05) is 112 Å². The number of carboxylic acids is 1. The number of carbonyl (C=O) groups excluding carboxylic acids is 6. The number of halogens is 2. The van der Waals surface area contributed by atoms with Crippen LogP contribution in [0.2, 0.25) is 0 Å². The largest absolute Gasteiger partial charge is 0.478 e. The molecule has 5 N–H and O–H groups in total. The molecule has 5 heterocycles. The number of carboxylic acid groups (broad SMARTS) is 1. The molecule has 500 valence electrons. The fourth-order valence-corrected chi connectivity index (χ4v) is 12.1. The minimum Gasteiger partial charge on any atom is -0.478 e. The van der Waals surface area contributed by atoms with Crippen LogP contribution in [0.25, 0.3) is 11.3 Å². The van der Waals surface area contributed by atoms with Crippen LogP contribution in [0.15, 0.2) is 109 Å². The molecule has 5 aromatic rings. The summed E-state index contributed by atoms with van der Waals surface area (Å²) in [4.78, 5) is 95.2. The number of carbonyl (C=O) groups is 7. The third-order valence-electron chi connectivity index (χ3n) is 17.2. The van der Waals surface area contributed by atoms with Crippen molar-refractivity contribution in [2.24, 2.45) is 11.8 Å². The van der Waals surface area contributed by atoms with Gasteiger partial charge in [0.05, 0.1) is 83.8 Å². The van der Waals surface area contributed by atoms with E-state index >= 15 is 0 Å². The van der Waals surface area contributed by atoms with Crippen molar-refractivity contribution < 1.29 is 75.7 Å². The molecule has 0 spiro atoms. The van der Waals surface area contributed by atoms with Crippen molar-refractivity contribution in [3.8, 4) is 23.1 Å². The topological polar surface area (TPSA) is 301 Å². The second-order valence-electron chi connectivity index (χ2n) is 24.2. The maximum atomic E-state index is 14.0. The predicted molar refractivity (Wildman–Crippen MR) is 341 cm³/mol. The van der Waals surface area contributed by atoms with Crippen molar-refractivity contribution in [1.82, 2.24) is 46.1 Å². The van der Waals surface area contributed by atoms with Crippen LogP contribution in [0.1, 0.15) is 90.5 Å². The third kappa shape index (κ3) is 17.0. The Kier molecular flexibility index (Phi) is 22.2. The molecule has 95 heavy (non-hydrogen) atoms. The summed E-state index contributed by atoms with van der Waals surface area (Å²) in [5.74, 6) is -6.98. The highest BCUT2D eigenvalue weighted by molar-refractivity contribution is 6.02. The number of allylic oxidation sites excluding steroid dienone is 3. The van der Waals surface area contributed by atoms with E-state index in [0.29, 0.717) is 74.4 Å². The molecule has 2 fully saturated rings. The van der Waals surface area contributed by atoms with Crippen molar-refractivity contribution >= 4 is 52.8 Å². The zero-order chi connectivity index (χ0) is 67.3. The number of nitriles is 1. The van der Waals surface area contributed by atoms with Crippen LogP contribution in [-0.2, 0) is 57.8 Å². The van der Waals surface area contributed by atoms with Gasteiger partial charge >= 0.3 is 5.97 Å². The van der Waals surface area contributed by atoms with Gasteiger partial charge < -0.3 is 64.8 Å². The molecule has 1 aromatic heterocycles. The number of likely N-dealkylation sites (tertiary alicyclic amines) is 1. The van der Waals surface area contributed by atoms with E-state index in [1.54, 1.807) is 58.2 Å². The molecule has 0 saturated carbocycles. The van der Waals surface area contributed by atoms with Gasteiger partial charge in [0, 0.05) is 130 Å². The normalized spacial score (nSPS) is 19.0. The fourth-order valence-electron chi connectivity index (χ4n) is 12.1. The number of benzene rings is 4. The molecule has 10 rings (SSSR count). The number of ether oxygens (including phenoxy) is 5. The Hall–Kier alpha value is -9.75. The zero-order valence-corrected chi connectivity index (χ0v) is 53.3. The Morgan fingerprint density at radius 3 is 2.24 bits per heavy atom. The van der Waals surface area contributed by atoms with Gasteiger partial charge in [-0.3, -0.25) is 28.8 Å². The molecule has 27 heteroatoms. The standard InChI is InChI=1S/C68H76F2N12O13/c1-78(2)48-13-16-52-58(33-48)95-59-34-49(79(3)4)14-17-53(59)62(52)51-15-12-44(30-54(51)67(89)90)64(86)74-21-23-92-25-27-94-29-28-93-26-24-91-22-18-60(83)72-19-20-73-63(85)43-10-8-42(9-11-43)57-40-81(77-76-57)38-46-7-5-6-45-37-80(39-55(45)46)61(84)32-47-31-56(75-65(47)87)66(88)82-41-68(69,70)35-50(82)36-71/h5-17,30,33-34,40,47,50,52,56,62H,18-29,31-32,35,37-39,41H2,1-4H3,(H4-,72,73,74,75,83,85,86,87,89,90)/p+1/t47-,50-,52?,56-,62?/m0/s1. The highest BCUT2D eigenvalue weighted by atomic mass is 19.3. The first-order chi connectivity index (χ1) is 45.7. The van der Waals surface area contributed by atoms with Crippen LogP contribution in [0, 0.1) is 23.2 Å². The molecule has 2 saturated heterocycles. The van der Waals surface area contributed by atoms with Gasteiger partial charge in [0.25, 0.3) is 17.7 Å². The van der Waals surface area contributed by atoms with E-state index in [-0.39, 0.29) is 106 Å². The predicted octanol–water partition coefficient (Wildman–Crippen LogP) is 4.29. The third-order valence-corrected chi connectivity index (χ3v) is 17.2. The summed E-state index contributed by atoms with van der Waals surface area (Å²) in [6.45, 7) is 2.88. The quantitative estimate of drug-likeness (QED) is 0.0329. The number of hydrogen-bond donors (Lipinski definition) is 5. The molecular formula is C68H77F2N12O13+. The van der Waals surface area contributed by atoms with Gasteiger partial charge in [-0.05, 0) is 59.0 Å². The molecule has 2 unspecified atom stereocenters. The first-order valence-electron chi connectivity index (χ1n) is 31.4. The Labute approximate surface area is 547 Å². The van der Waals surface area contributed by atoms with E-state index < -0.39 is 60.6 Å². The number of nitrogens with zero attached hydrogens (tertiary/aromatic N) is 8. The Morgan fingerprint density at radius 2 is 1.53 bits per heavy atom. The summed E-state index contributed by atoms with van der Waals surface area (Å²) < 4.78 is 60.4. The number of rotatable bonds is 29. The Bertz CT molecular complexity index is 3840. The lowest BCUT2D eigenvalue weighted by Crippen LogP contribution is -2.46. The summed E-state index contributed by atoms with van der Waals surface area (Å²) in [6.07, 6.45) is 6.96. The minimum atomic E-state index is -3.19. The number of amides is 6. The van der Waals surface area contributed by atoms with Crippen molar-refractivity contribution in [3.05, 3.63) is 154 Å². The minimum absolute atomic E-state index is 0.0326. The first-order valence-corrected chi connectivity index (χ1v) is 31.4. The van der Waals surface area contributed by atoms with Gasteiger partial charge in [-0.1, -0.05) is 53.8 Å².